The second-order valence-electron chi connectivity index (χ2n) is 6.28. The highest BCUT2D eigenvalue weighted by Crippen LogP contribution is 2.45. The van der Waals surface area contributed by atoms with Gasteiger partial charge in [-0.05, 0) is 43.6 Å². The summed E-state index contributed by atoms with van der Waals surface area (Å²) in [5.41, 5.74) is 2.47. The molecule has 1 N–H and O–H groups in total. The number of nitrogens with one attached hydrogen (secondary N) is 1. The molecule has 0 bridgehead atoms. The lowest BCUT2D eigenvalue weighted by atomic mass is 9.82. The average Bonchev–Trinajstić information content (AvgIpc) is 3.21. The highest BCUT2D eigenvalue weighted by atomic mass is 35.5. The summed E-state index contributed by atoms with van der Waals surface area (Å²) in [7, 11) is 0. The number of fused-ring (bicyclic) bond motifs is 1. The van der Waals surface area contributed by atoms with Gasteiger partial charge >= 0.3 is 0 Å². The molecule has 0 radical (unpaired) electrons. The summed E-state index contributed by atoms with van der Waals surface area (Å²) >= 11 is 13.8. The van der Waals surface area contributed by atoms with Gasteiger partial charge in [0.05, 0.1) is 27.5 Å². The van der Waals surface area contributed by atoms with Gasteiger partial charge in [0.2, 0.25) is 0 Å². The lowest BCUT2D eigenvalue weighted by Crippen LogP contribution is -2.28. The van der Waals surface area contributed by atoms with Crippen molar-refractivity contribution in [1.29, 1.82) is 0 Å². The molecule has 2 saturated carbocycles. The summed E-state index contributed by atoms with van der Waals surface area (Å²) in [6.45, 7) is 0. The molecule has 2 aromatic rings. The van der Waals surface area contributed by atoms with Crippen molar-refractivity contribution >= 4 is 51.7 Å². The first-order valence-corrected chi connectivity index (χ1v) is 9.08. The van der Waals surface area contributed by atoms with Gasteiger partial charge in [-0.2, -0.15) is 8.75 Å². The van der Waals surface area contributed by atoms with Crippen molar-refractivity contribution in [3.05, 3.63) is 16.1 Å². The number of aromatic nitrogens is 2. The predicted octanol–water partition coefficient (Wildman–Crippen LogP) is 5.38. The van der Waals surface area contributed by atoms with E-state index in [4.69, 9.17) is 23.2 Å². The van der Waals surface area contributed by atoms with E-state index in [0.29, 0.717) is 16.1 Å². The molecule has 112 valence electrons. The summed E-state index contributed by atoms with van der Waals surface area (Å²) in [6, 6.07) is 2.27. The highest BCUT2D eigenvalue weighted by Gasteiger charge is 2.35. The summed E-state index contributed by atoms with van der Waals surface area (Å²) < 4.78 is 8.64. The van der Waals surface area contributed by atoms with Crippen molar-refractivity contribution in [3.63, 3.8) is 0 Å². The van der Waals surface area contributed by atoms with Crippen LogP contribution in [-0.4, -0.2) is 14.8 Å². The van der Waals surface area contributed by atoms with E-state index in [1.807, 2.05) is 0 Å². The van der Waals surface area contributed by atoms with Crippen molar-refractivity contribution in [1.82, 2.24) is 8.75 Å². The quantitative estimate of drug-likeness (QED) is 0.814. The molecule has 2 aliphatic rings. The van der Waals surface area contributed by atoms with Crippen LogP contribution >= 0.6 is 34.9 Å². The van der Waals surface area contributed by atoms with E-state index < -0.39 is 0 Å². The first-order valence-electron chi connectivity index (χ1n) is 7.59. The maximum atomic E-state index is 6.39. The fourth-order valence-electron chi connectivity index (χ4n) is 3.57. The Morgan fingerprint density at radius 2 is 1.81 bits per heavy atom. The molecule has 2 aliphatic carbocycles. The molecule has 21 heavy (non-hydrogen) atoms. The van der Waals surface area contributed by atoms with Crippen molar-refractivity contribution in [3.8, 4) is 0 Å². The average molecular weight is 342 g/mol. The SMILES string of the molecule is Clc1cc(Cl)c2nsnc2c1NC1CCCC(C2CC2)C1. The molecule has 0 spiro atoms. The van der Waals surface area contributed by atoms with Gasteiger partial charge in [-0.15, -0.1) is 0 Å². The van der Waals surface area contributed by atoms with E-state index in [-0.39, 0.29) is 0 Å². The van der Waals surface area contributed by atoms with Gasteiger partial charge < -0.3 is 5.32 Å². The van der Waals surface area contributed by atoms with Gasteiger partial charge in [0.1, 0.15) is 11.0 Å². The van der Waals surface area contributed by atoms with E-state index in [2.05, 4.69) is 14.1 Å². The van der Waals surface area contributed by atoms with Gasteiger partial charge in [-0.3, -0.25) is 0 Å². The van der Waals surface area contributed by atoms with E-state index in [1.54, 1.807) is 6.07 Å². The molecule has 3 nitrogen and oxygen atoms in total. The molecule has 0 amide bonds. The molecule has 2 unspecified atom stereocenters. The maximum Gasteiger partial charge on any atom is 0.130 e. The van der Waals surface area contributed by atoms with Gasteiger partial charge in [0.15, 0.2) is 0 Å². The standard InChI is InChI=1S/C15H17Cl2N3S/c16-11-7-12(17)14-15(20-21-19-14)13(11)18-10-3-1-2-9(6-10)8-4-5-8/h7-10,18H,1-6H2. The fraction of sp³-hybridized carbons (Fsp3) is 0.600. The zero-order valence-electron chi connectivity index (χ0n) is 11.6. The Morgan fingerprint density at radius 3 is 2.62 bits per heavy atom. The van der Waals surface area contributed by atoms with Gasteiger partial charge in [0.25, 0.3) is 0 Å². The lowest BCUT2D eigenvalue weighted by Gasteiger charge is -2.30. The minimum atomic E-state index is 0.493. The molecule has 2 atom stereocenters. The Morgan fingerprint density at radius 1 is 1.00 bits per heavy atom. The zero-order valence-corrected chi connectivity index (χ0v) is 13.9. The topological polar surface area (TPSA) is 37.8 Å². The van der Waals surface area contributed by atoms with Crippen LogP contribution in [-0.2, 0) is 0 Å². The summed E-state index contributed by atoms with van der Waals surface area (Å²) in [4.78, 5) is 0. The van der Waals surface area contributed by atoms with Crippen LogP contribution in [0, 0.1) is 11.8 Å². The maximum absolute atomic E-state index is 6.39. The van der Waals surface area contributed by atoms with Gasteiger partial charge in [-0.25, -0.2) is 0 Å². The van der Waals surface area contributed by atoms with Crippen LogP contribution in [0.25, 0.3) is 11.0 Å². The highest BCUT2D eigenvalue weighted by molar-refractivity contribution is 7.00. The van der Waals surface area contributed by atoms with Crippen LogP contribution < -0.4 is 5.32 Å². The third-order valence-corrected chi connectivity index (χ3v) is 5.91. The molecule has 1 aromatic heterocycles. The van der Waals surface area contributed by atoms with Crippen molar-refractivity contribution in [2.45, 2.75) is 44.6 Å². The third kappa shape index (κ3) is 2.73. The number of hydrogen-bond acceptors (Lipinski definition) is 4. The molecule has 0 saturated heterocycles. The van der Waals surface area contributed by atoms with Crippen LogP contribution in [0.2, 0.25) is 10.0 Å². The Labute approximate surface area is 138 Å². The van der Waals surface area contributed by atoms with Crippen molar-refractivity contribution in [2.75, 3.05) is 5.32 Å². The summed E-state index contributed by atoms with van der Waals surface area (Å²) in [5.74, 6) is 1.88. The molecular formula is C15H17Cl2N3S. The smallest absolute Gasteiger partial charge is 0.130 e. The molecule has 4 rings (SSSR count). The second kappa shape index (κ2) is 5.56. The monoisotopic (exact) mass is 341 g/mol. The van der Waals surface area contributed by atoms with Crippen LogP contribution in [0.15, 0.2) is 6.07 Å². The number of anilines is 1. The summed E-state index contributed by atoms with van der Waals surface area (Å²) in [6.07, 6.45) is 8.02. The Hall–Kier alpha value is -0.580. The number of nitrogens with zero attached hydrogens (tertiary/aromatic N) is 2. The molecular weight excluding hydrogens is 325 g/mol. The van der Waals surface area contributed by atoms with Crippen LogP contribution in [0.3, 0.4) is 0 Å². The van der Waals surface area contributed by atoms with Crippen molar-refractivity contribution in [2.24, 2.45) is 11.8 Å². The molecule has 1 heterocycles. The van der Waals surface area contributed by atoms with Crippen molar-refractivity contribution < 1.29 is 0 Å². The lowest BCUT2D eigenvalue weighted by molar-refractivity contribution is 0.303. The Balaban J connectivity index is 1.60. The molecule has 6 heteroatoms. The van der Waals surface area contributed by atoms with E-state index >= 15 is 0 Å². The number of halogens is 2. The normalized spacial score (nSPS) is 26.2. The van der Waals surface area contributed by atoms with Crippen LogP contribution in [0.5, 0.6) is 0 Å². The Kier molecular flexibility index (Phi) is 3.72. The second-order valence-corrected chi connectivity index (χ2v) is 7.62. The van der Waals surface area contributed by atoms with Gasteiger partial charge in [-0.1, -0.05) is 36.0 Å². The zero-order chi connectivity index (χ0) is 14.4. The van der Waals surface area contributed by atoms with E-state index in [9.17, 15) is 0 Å². The first kappa shape index (κ1) is 14.0. The Bertz CT molecular complexity index is 668. The molecule has 2 fully saturated rings. The number of benzene rings is 1. The fourth-order valence-corrected chi connectivity index (χ4v) is 4.74. The number of rotatable bonds is 3. The third-order valence-electron chi connectivity index (χ3n) is 4.80. The largest absolute Gasteiger partial charge is 0.379 e. The summed E-state index contributed by atoms with van der Waals surface area (Å²) in [5, 5.41) is 4.86. The van der Waals surface area contributed by atoms with Crippen LogP contribution in [0.4, 0.5) is 5.69 Å². The number of hydrogen-bond donors (Lipinski definition) is 1. The van der Waals surface area contributed by atoms with E-state index in [1.165, 1.54) is 50.3 Å². The predicted molar refractivity (Wildman–Crippen MR) is 89.5 cm³/mol. The van der Waals surface area contributed by atoms with Gasteiger partial charge in [0, 0.05) is 6.04 Å². The minimum absolute atomic E-state index is 0.493. The minimum Gasteiger partial charge on any atom is -0.379 e. The van der Waals surface area contributed by atoms with Crippen LogP contribution in [0.1, 0.15) is 38.5 Å². The molecule has 0 aliphatic heterocycles. The van der Waals surface area contributed by atoms with E-state index in [0.717, 1.165) is 28.6 Å². The molecule has 1 aromatic carbocycles. The first-order chi connectivity index (χ1) is 10.2.